The number of carbonyl (C=O) groups is 2. The van der Waals surface area contributed by atoms with Crippen molar-refractivity contribution in [1.82, 2.24) is 15.1 Å². The molecule has 2 aliphatic heterocycles. The van der Waals surface area contributed by atoms with Gasteiger partial charge in [0, 0.05) is 57.0 Å². The maximum absolute atomic E-state index is 13.1. The summed E-state index contributed by atoms with van der Waals surface area (Å²) >= 11 is 0. The van der Waals surface area contributed by atoms with E-state index in [0.717, 1.165) is 68.1 Å². The highest BCUT2D eigenvalue weighted by molar-refractivity contribution is 5.80. The summed E-state index contributed by atoms with van der Waals surface area (Å²) in [5.41, 5.74) is -0.340. The third-order valence-corrected chi connectivity index (χ3v) is 9.41. The number of rotatable bonds is 6. The second kappa shape index (κ2) is 8.19. The molecule has 3 heterocycles. The molecule has 1 aromatic rings. The Morgan fingerprint density at radius 2 is 1.78 bits per heavy atom. The summed E-state index contributed by atoms with van der Waals surface area (Å²) in [4.78, 5) is 29.9. The van der Waals surface area contributed by atoms with Gasteiger partial charge in [-0.2, -0.15) is 0 Å². The molecular weight excluding hydrogens is 402 g/mol. The third kappa shape index (κ3) is 3.89. The molecule has 0 spiro atoms. The monoisotopic (exact) mass is 439 g/mol. The van der Waals surface area contributed by atoms with Gasteiger partial charge in [-0.25, -0.2) is 0 Å². The first-order valence-corrected chi connectivity index (χ1v) is 12.9. The molecule has 174 valence electrons. The van der Waals surface area contributed by atoms with Crippen LogP contribution in [0.5, 0.6) is 0 Å². The Bertz CT molecular complexity index is 817. The van der Waals surface area contributed by atoms with Crippen molar-refractivity contribution in [3.05, 3.63) is 24.2 Å². The molecular formula is C26H37N3O3. The fraction of sp³-hybridized carbons (Fsp3) is 0.769. The van der Waals surface area contributed by atoms with Gasteiger partial charge in [-0.15, -0.1) is 0 Å². The molecule has 2 amide bonds. The molecule has 32 heavy (non-hydrogen) atoms. The second-order valence-corrected chi connectivity index (χ2v) is 11.4. The predicted octanol–water partition coefficient (Wildman–Crippen LogP) is 3.22. The van der Waals surface area contributed by atoms with Gasteiger partial charge >= 0.3 is 0 Å². The van der Waals surface area contributed by atoms with Gasteiger partial charge in [-0.1, -0.05) is 0 Å². The number of carbonyl (C=O) groups excluding carboxylic acids is 2. The van der Waals surface area contributed by atoms with Gasteiger partial charge in [0.15, 0.2) is 0 Å². The van der Waals surface area contributed by atoms with Crippen molar-refractivity contribution in [3.8, 4) is 0 Å². The summed E-state index contributed by atoms with van der Waals surface area (Å²) in [6.07, 6.45) is 12.2. The summed E-state index contributed by atoms with van der Waals surface area (Å²) in [6.45, 7) is 3.79. The van der Waals surface area contributed by atoms with Crippen molar-refractivity contribution in [2.45, 2.75) is 75.8 Å². The van der Waals surface area contributed by atoms with Crippen LogP contribution in [0, 0.1) is 23.7 Å². The molecule has 4 bridgehead atoms. The summed E-state index contributed by atoms with van der Waals surface area (Å²) in [5.74, 6) is 5.08. The molecule has 6 nitrogen and oxygen atoms in total. The number of piperazine rings is 1. The summed E-state index contributed by atoms with van der Waals surface area (Å²) in [7, 11) is 0. The van der Waals surface area contributed by atoms with E-state index in [2.05, 4.69) is 15.1 Å². The lowest BCUT2D eigenvalue weighted by Gasteiger charge is -2.58. The first-order valence-electron chi connectivity index (χ1n) is 12.9. The Labute approximate surface area is 191 Å². The maximum atomic E-state index is 13.1. The lowest BCUT2D eigenvalue weighted by Crippen LogP contribution is -2.60. The van der Waals surface area contributed by atoms with Gasteiger partial charge in [-0.05, 0) is 80.8 Å². The van der Waals surface area contributed by atoms with Gasteiger partial charge in [0.2, 0.25) is 11.8 Å². The molecule has 1 atom stereocenters. The van der Waals surface area contributed by atoms with Crippen LogP contribution in [-0.4, -0.2) is 59.4 Å². The quantitative estimate of drug-likeness (QED) is 0.739. The number of hydrogen-bond donors (Lipinski definition) is 1. The fourth-order valence-corrected chi connectivity index (χ4v) is 8.20. The van der Waals surface area contributed by atoms with Gasteiger partial charge in [0.1, 0.15) is 5.76 Å². The van der Waals surface area contributed by atoms with Crippen LogP contribution in [0.1, 0.15) is 63.5 Å². The Balaban J connectivity index is 1.03. The number of nitrogens with one attached hydrogen (secondary N) is 1. The van der Waals surface area contributed by atoms with Crippen molar-refractivity contribution >= 4 is 11.8 Å². The van der Waals surface area contributed by atoms with Crippen molar-refractivity contribution in [1.29, 1.82) is 0 Å². The van der Waals surface area contributed by atoms with Crippen LogP contribution in [0.3, 0.4) is 0 Å². The van der Waals surface area contributed by atoms with E-state index < -0.39 is 0 Å². The van der Waals surface area contributed by atoms with E-state index in [4.69, 9.17) is 4.42 Å². The number of furan rings is 1. The van der Waals surface area contributed by atoms with Crippen LogP contribution in [-0.2, 0) is 16.0 Å². The maximum Gasteiger partial charge on any atom is 0.222 e. The minimum atomic E-state index is -0.340. The van der Waals surface area contributed by atoms with Crippen molar-refractivity contribution in [3.63, 3.8) is 0 Å². The highest BCUT2D eigenvalue weighted by Gasteiger charge is 2.50. The van der Waals surface area contributed by atoms with E-state index in [0.29, 0.717) is 25.7 Å². The zero-order valence-corrected chi connectivity index (χ0v) is 19.1. The summed E-state index contributed by atoms with van der Waals surface area (Å²) < 4.78 is 5.54. The molecule has 4 saturated carbocycles. The molecule has 7 rings (SSSR count). The minimum absolute atomic E-state index is 0.0910. The highest BCUT2D eigenvalue weighted by atomic mass is 16.3. The molecule has 1 aromatic heterocycles. The number of hydrogen-bond acceptors (Lipinski definition) is 4. The van der Waals surface area contributed by atoms with Gasteiger partial charge in [0.25, 0.3) is 0 Å². The van der Waals surface area contributed by atoms with Crippen LogP contribution in [0.4, 0.5) is 0 Å². The van der Waals surface area contributed by atoms with Crippen LogP contribution in [0.25, 0.3) is 0 Å². The normalized spacial score (nSPS) is 38.9. The van der Waals surface area contributed by atoms with Crippen molar-refractivity contribution < 1.29 is 14.0 Å². The van der Waals surface area contributed by atoms with Crippen LogP contribution in [0.15, 0.2) is 22.8 Å². The molecule has 2 saturated heterocycles. The molecule has 0 radical (unpaired) electrons. The van der Waals surface area contributed by atoms with E-state index in [-0.39, 0.29) is 17.4 Å². The van der Waals surface area contributed by atoms with Gasteiger partial charge in [0.05, 0.1) is 6.26 Å². The average molecular weight is 440 g/mol. The topological polar surface area (TPSA) is 65.8 Å². The van der Waals surface area contributed by atoms with Crippen LogP contribution >= 0.6 is 0 Å². The van der Waals surface area contributed by atoms with E-state index >= 15 is 0 Å². The third-order valence-electron chi connectivity index (χ3n) is 9.41. The average Bonchev–Trinajstić information content (AvgIpc) is 3.42. The Morgan fingerprint density at radius 1 is 1.06 bits per heavy atom. The Kier molecular flexibility index (Phi) is 5.32. The first-order chi connectivity index (χ1) is 15.6. The van der Waals surface area contributed by atoms with Gasteiger partial charge in [-0.3, -0.25) is 14.5 Å². The summed E-state index contributed by atoms with van der Waals surface area (Å²) in [6, 6.07) is 4.62. The van der Waals surface area contributed by atoms with Crippen LogP contribution in [0.2, 0.25) is 0 Å². The number of amides is 2. The smallest absolute Gasteiger partial charge is 0.222 e. The molecule has 6 aliphatic rings. The van der Waals surface area contributed by atoms with E-state index in [1.54, 1.807) is 6.26 Å². The van der Waals surface area contributed by atoms with Crippen molar-refractivity contribution in [2.24, 2.45) is 23.7 Å². The van der Waals surface area contributed by atoms with Crippen molar-refractivity contribution in [2.75, 3.05) is 26.2 Å². The highest BCUT2D eigenvalue weighted by Crippen LogP contribution is 2.55. The van der Waals surface area contributed by atoms with Crippen LogP contribution < -0.4 is 5.32 Å². The van der Waals surface area contributed by atoms with E-state index in [9.17, 15) is 9.59 Å². The SMILES string of the molecule is O=C1CCC(CCC(=O)N2CCN(C3C4CC5CC(C4)CC3C5)CC2)(Cc2ccco2)N1. The molecule has 1 N–H and O–H groups in total. The second-order valence-electron chi connectivity index (χ2n) is 11.4. The minimum Gasteiger partial charge on any atom is -0.469 e. The lowest BCUT2D eigenvalue weighted by molar-refractivity contribution is -0.136. The molecule has 6 heteroatoms. The molecule has 1 unspecified atom stereocenters. The predicted molar refractivity (Wildman–Crippen MR) is 121 cm³/mol. The fourth-order valence-electron chi connectivity index (χ4n) is 8.20. The zero-order chi connectivity index (χ0) is 21.7. The number of nitrogens with zero attached hydrogens (tertiary/aromatic N) is 2. The van der Waals surface area contributed by atoms with E-state index in [1.165, 1.54) is 32.1 Å². The molecule has 4 aliphatic carbocycles. The first kappa shape index (κ1) is 20.8. The molecule has 6 fully saturated rings. The molecule has 0 aromatic carbocycles. The lowest BCUT2D eigenvalue weighted by atomic mass is 9.54. The van der Waals surface area contributed by atoms with E-state index in [1.807, 2.05) is 12.1 Å². The standard InChI is InChI=1S/C26H37N3O3/c30-23-3-5-26(27-23,17-22-2-1-11-32-22)6-4-24(31)28-7-9-29(10-8-28)25-20-13-18-12-19(15-20)16-21(25)14-18/h1-2,11,18-21,25H,3-10,12-17H2,(H,27,30). The Morgan fingerprint density at radius 3 is 2.38 bits per heavy atom. The summed E-state index contributed by atoms with van der Waals surface area (Å²) in [5, 5.41) is 3.17. The zero-order valence-electron chi connectivity index (χ0n) is 19.1. The van der Waals surface area contributed by atoms with Gasteiger partial charge < -0.3 is 14.6 Å². The largest absolute Gasteiger partial charge is 0.469 e. The Hall–Kier alpha value is -1.82.